The number of rotatable bonds is 2. The zero-order valence-corrected chi connectivity index (χ0v) is 11.6. The van der Waals surface area contributed by atoms with Gasteiger partial charge >= 0.3 is 5.97 Å². The van der Waals surface area contributed by atoms with E-state index in [1.54, 1.807) is 6.07 Å². The van der Waals surface area contributed by atoms with E-state index < -0.39 is 5.79 Å². The van der Waals surface area contributed by atoms with Crippen molar-refractivity contribution in [3.8, 4) is 0 Å². The van der Waals surface area contributed by atoms with Gasteiger partial charge in [0, 0.05) is 12.8 Å². The highest BCUT2D eigenvalue weighted by Crippen LogP contribution is 2.38. The maximum absolute atomic E-state index is 11.8. The SMILES string of the molecule is COC(=O)c1ccccc1C1=CCC2(CC1)OCCO2. The maximum atomic E-state index is 11.8. The Labute approximate surface area is 118 Å². The van der Waals surface area contributed by atoms with Crippen LogP contribution in [0.15, 0.2) is 30.3 Å². The quantitative estimate of drug-likeness (QED) is 0.778. The van der Waals surface area contributed by atoms with E-state index in [0.717, 1.165) is 30.4 Å². The molecule has 1 spiro atoms. The summed E-state index contributed by atoms with van der Waals surface area (Å²) in [6.07, 6.45) is 4.52. The average molecular weight is 274 g/mol. The van der Waals surface area contributed by atoms with Crippen molar-refractivity contribution < 1.29 is 19.0 Å². The Kier molecular flexibility index (Phi) is 3.59. The number of carbonyl (C=O) groups is 1. The molecule has 0 saturated carbocycles. The lowest BCUT2D eigenvalue weighted by atomic mass is 9.88. The molecule has 20 heavy (non-hydrogen) atoms. The van der Waals surface area contributed by atoms with Crippen LogP contribution < -0.4 is 0 Å². The molecule has 0 amide bonds. The summed E-state index contributed by atoms with van der Waals surface area (Å²) in [6, 6.07) is 7.56. The number of allylic oxidation sites excluding steroid dienone is 1. The first-order valence-corrected chi connectivity index (χ1v) is 6.89. The van der Waals surface area contributed by atoms with Gasteiger partial charge in [0.25, 0.3) is 0 Å². The predicted molar refractivity (Wildman–Crippen MR) is 74.2 cm³/mol. The molecule has 0 N–H and O–H groups in total. The van der Waals surface area contributed by atoms with Crippen LogP contribution in [0, 0.1) is 0 Å². The van der Waals surface area contributed by atoms with Crippen LogP contribution >= 0.6 is 0 Å². The molecular weight excluding hydrogens is 256 g/mol. The fourth-order valence-corrected chi connectivity index (χ4v) is 2.86. The van der Waals surface area contributed by atoms with Crippen LogP contribution in [0.5, 0.6) is 0 Å². The number of hydrogen-bond donors (Lipinski definition) is 0. The molecule has 106 valence electrons. The first kappa shape index (κ1) is 13.3. The second-order valence-electron chi connectivity index (χ2n) is 5.08. The third-order valence-electron chi connectivity index (χ3n) is 3.93. The van der Waals surface area contributed by atoms with E-state index in [1.165, 1.54) is 7.11 Å². The van der Waals surface area contributed by atoms with E-state index in [-0.39, 0.29) is 5.97 Å². The molecule has 1 aliphatic heterocycles. The Morgan fingerprint density at radius 2 is 2.00 bits per heavy atom. The molecule has 0 aromatic heterocycles. The summed E-state index contributed by atoms with van der Waals surface area (Å²) in [5.74, 6) is -0.723. The molecule has 0 atom stereocenters. The van der Waals surface area contributed by atoms with Crippen molar-refractivity contribution in [3.05, 3.63) is 41.5 Å². The van der Waals surface area contributed by atoms with Gasteiger partial charge in [0.15, 0.2) is 5.79 Å². The van der Waals surface area contributed by atoms with Gasteiger partial charge in [-0.1, -0.05) is 24.3 Å². The van der Waals surface area contributed by atoms with E-state index in [4.69, 9.17) is 14.2 Å². The van der Waals surface area contributed by atoms with Gasteiger partial charge in [-0.15, -0.1) is 0 Å². The molecule has 0 radical (unpaired) electrons. The van der Waals surface area contributed by atoms with Crippen molar-refractivity contribution >= 4 is 11.5 Å². The van der Waals surface area contributed by atoms with Crippen LogP contribution in [-0.2, 0) is 14.2 Å². The zero-order chi connectivity index (χ0) is 14.0. The molecule has 3 rings (SSSR count). The number of ether oxygens (including phenoxy) is 3. The molecule has 1 heterocycles. The number of esters is 1. The van der Waals surface area contributed by atoms with Crippen LogP contribution in [0.1, 0.15) is 35.2 Å². The van der Waals surface area contributed by atoms with Crippen molar-refractivity contribution in [2.24, 2.45) is 0 Å². The first-order valence-electron chi connectivity index (χ1n) is 6.89. The smallest absolute Gasteiger partial charge is 0.338 e. The largest absolute Gasteiger partial charge is 0.465 e. The highest BCUT2D eigenvalue weighted by molar-refractivity contribution is 5.95. The average Bonchev–Trinajstić information content (AvgIpc) is 2.95. The third kappa shape index (κ3) is 2.37. The van der Waals surface area contributed by atoms with E-state index in [1.807, 2.05) is 18.2 Å². The number of carbonyl (C=O) groups excluding carboxylic acids is 1. The van der Waals surface area contributed by atoms with Crippen LogP contribution in [0.25, 0.3) is 5.57 Å². The molecule has 1 aromatic carbocycles. The summed E-state index contributed by atoms with van der Waals surface area (Å²) in [5.41, 5.74) is 2.73. The lowest BCUT2D eigenvalue weighted by molar-refractivity contribution is -0.159. The number of hydrogen-bond acceptors (Lipinski definition) is 4. The van der Waals surface area contributed by atoms with Crippen molar-refractivity contribution in [3.63, 3.8) is 0 Å². The molecule has 1 aliphatic carbocycles. The van der Waals surface area contributed by atoms with Crippen LogP contribution in [0.2, 0.25) is 0 Å². The van der Waals surface area contributed by atoms with Crippen LogP contribution in [-0.4, -0.2) is 32.1 Å². The van der Waals surface area contributed by atoms with Crippen LogP contribution in [0.3, 0.4) is 0 Å². The lowest BCUT2D eigenvalue weighted by Crippen LogP contribution is -2.31. The maximum Gasteiger partial charge on any atom is 0.338 e. The second kappa shape index (κ2) is 5.38. The predicted octanol–water partition coefficient (Wildman–Crippen LogP) is 2.78. The van der Waals surface area contributed by atoms with E-state index >= 15 is 0 Å². The fourth-order valence-electron chi connectivity index (χ4n) is 2.86. The van der Waals surface area contributed by atoms with Gasteiger partial charge in [0.2, 0.25) is 0 Å². The molecule has 2 aliphatic rings. The lowest BCUT2D eigenvalue weighted by Gasteiger charge is -2.31. The Balaban J connectivity index is 1.87. The molecule has 0 unspecified atom stereocenters. The molecule has 0 bridgehead atoms. The molecule has 4 nitrogen and oxygen atoms in total. The highest BCUT2D eigenvalue weighted by atomic mass is 16.7. The molecule has 1 saturated heterocycles. The Bertz CT molecular complexity index is 541. The summed E-state index contributed by atoms with van der Waals surface area (Å²) in [6.45, 7) is 1.34. The summed E-state index contributed by atoms with van der Waals surface area (Å²) in [7, 11) is 1.41. The van der Waals surface area contributed by atoms with Gasteiger partial charge in [0.05, 0.1) is 25.9 Å². The van der Waals surface area contributed by atoms with E-state index in [9.17, 15) is 4.79 Å². The van der Waals surface area contributed by atoms with Crippen molar-refractivity contribution in [1.29, 1.82) is 0 Å². The summed E-state index contributed by atoms with van der Waals surface area (Å²) >= 11 is 0. The number of benzene rings is 1. The minimum Gasteiger partial charge on any atom is -0.465 e. The Morgan fingerprint density at radius 3 is 2.65 bits per heavy atom. The summed E-state index contributed by atoms with van der Waals surface area (Å²) in [5, 5.41) is 0. The molecule has 4 heteroatoms. The first-order chi connectivity index (χ1) is 9.74. The monoisotopic (exact) mass is 274 g/mol. The van der Waals surface area contributed by atoms with Crippen molar-refractivity contribution in [1.82, 2.24) is 0 Å². The van der Waals surface area contributed by atoms with Gasteiger partial charge < -0.3 is 14.2 Å². The van der Waals surface area contributed by atoms with Gasteiger partial charge in [-0.25, -0.2) is 4.79 Å². The van der Waals surface area contributed by atoms with Gasteiger partial charge in [-0.2, -0.15) is 0 Å². The minimum atomic E-state index is -0.427. The zero-order valence-electron chi connectivity index (χ0n) is 11.6. The standard InChI is InChI=1S/C16H18O4/c1-18-15(17)14-5-3-2-4-13(14)12-6-8-16(9-7-12)19-10-11-20-16/h2-6H,7-11H2,1H3. The van der Waals surface area contributed by atoms with Crippen molar-refractivity contribution in [2.75, 3.05) is 20.3 Å². The van der Waals surface area contributed by atoms with Crippen molar-refractivity contribution in [2.45, 2.75) is 25.0 Å². The summed E-state index contributed by atoms with van der Waals surface area (Å²) < 4.78 is 16.3. The van der Waals surface area contributed by atoms with E-state index in [0.29, 0.717) is 18.8 Å². The molecule has 1 fully saturated rings. The summed E-state index contributed by atoms with van der Waals surface area (Å²) in [4.78, 5) is 11.8. The fraction of sp³-hybridized carbons (Fsp3) is 0.438. The third-order valence-corrected chi connectivity index (χ3v) is 3.93. The van der Waals surface area contributed by atoms with Gasteiger partial charge in [0.1, 0.15) is 0 Å². The van der Waals surface area contributed by atoms with Gasteiger partial charge in [-0.05, 0) is 23.6 Å². The normalized spacial score (nSPS) is 20.8. The Morgan fingerprint density at radius 1 is 1.25 bits per heavy atom. The molecular formula is C16H18O4. The topological polar surface area (TPSA) is 44.8 Å². The number of methoxy groups -OCH3 is 1. The second-order valence-corrected chi connectivity index (χ2v) is 5.08. The van der Waals surface area contributed by atoms with Gasteiger partial charge in [-0.3, -0.25) is 0 Å². The Hall–Kier alpha value is -1.65. The van der Waals surface area contributed by atoms with E-state index in [2.05, 4.69) is 6.08 Å². The minimum absolute atomic E-state index is 0.296. The highest BCUT2D eigenvalue weighted by Gasteiger charge is 2.38. The van der Waals surface area contributed by atoms with Crippen LogP contribution in [0.4, 0.5) is 0 Å². The molecule has 1 aromatic rings.